The van der Waals surface area contributed by atoms with E-state index in [1.165, 1.54) is 4.90 Å². The minimum Gasteiger partial charge on any atom is -0.426 e. The highest BCUT2D eigenvalue weighted by Crippen LogP contribution is 2.61. The third-order valence-electron chi connectivity index (χ3n) is 10.1. The molecule has 0 spiro atoms. The van der Waals surface area contributed by atoms with Crippen LogP contribution in [0.4, 0.5) is 11.4 Å². The van der Waals surface area contributed by atoms with Crippen LogP contribution < -0.4 is 14.5 Å². The van der Waals surface area contributed by atoms with E-state index in [2.05, 4.69) is 24.3 Å². The Morgan fingerprint density at radius 1 is 0.727 bits per heavy atom. The molecule has 44 heavy (non-hydrogen) atoms. The Morgan fingerprint density at radius 2 is 1.30 bits per heavy atom. The minimum absolute atomic E-state index is 0.0578. The molecule has 2 heterocycles. The van der Waals surface area contributed by atoms with Crippen molar-refractivity contribution in [3.05, 3.63) is 124 Å². The molecular formula is C37H30N2O5. The molecule has 2 bridgehead atoms. The first-order chi connectivity index (χ1) is 21.3. The van der Waals surface area contributed by atoms with Crippen molar-refractivity contribution in [3.63, 3.8) is 0 Å². The number of imide groups is 1. The van der Waals surface area contributed by atoms with Gasteiger partial charge in [-0.05, 0) is 65.4 Å². The molecule has 4 aromatic carbocycles. The van der Waals surface area contributed by atoms with Crippen LogP contribution in [0, 0.1) is 31.6 Å². The lowest BCUT2D eigenvalue weighted by Gasteiger charge is -2.45. The molecule has 0 aromatic heterocycles. The molecular weight excluding hydrogens is 552 g/mol. The van der Waals surface area contributed by atoms with Gasteiger partial charge in [-0.25, -0.2) is 4.90 Å². The van der Waals surface area contributed by atoms with E-state index in [-0.39, 0.29) is 48.3 Å². The van der Waals surface area contributed by atoms with Gasteiger partial charge in [0, 0.05) is 36.6 Å². The normalized spacial score (nSPS) is 24.8. The summed E-state index contributed by atoms with van der Waals surface area (Å²) in [5.41, 5.74) is 7.72. The molecule has 0 unspecified atom stereocenters. The van der Waals surface area contributed by atoms with E-state index >= 15 is 0 Å². The number of anilines is 2. The number of ether oxygens (including phenoxy) is 1. The highest BCUT2D eigenvalue weighted by Gasteiger charge is 2.61. The molecule has 0 radical (unpaired) electrons. The number of amides is 3. The second kappa shape index (κ2) is 9.74. The molecule has 2 aliphatic heterocycles. The summed E-state index contributed by atoms with van der Waals surface area (Å²) in [7, 11) is 0. The van der Waals surface area contributed by atoms with E-state index in [0.717, 1.165) is 39.1 Å². The molecule has 7 nitrogen and oxygen atoms in total. The van der Waals surface area contributed by atoms with Gasteiger partial charge in [0.2, 0.25) is 17.7 Å². The standard InChI is InChI=1S/C37H30N2O5/c1-20-9-7-16-29(21(20)2)38-19-22(17-30(38)40)37(43)44-24-11-8-10-23(18-24)39-35(41)33-31-25-12-3-4-13-26(25)32(34(33)36(39)42)28-15-6-5-14-27(28)31/h3-16,18,22,31-34H,17,19H2,1-2H3/t22-,31?,32?,33-,34-/m1/s1. The summed E-state index contributed by atoms with van der Waals surface area (Å²) in [6, 6.07) is 28.7. The first kappa shape index (κ1) is 26.6. The molecule has 218 valence electrons. The highest BCUT2D eigenvalue weighted by atomic mass is 16.5. The monoisotopic (exact) mass is 582 g/mol. The van der Waals surface area contributed by atoms with Crippen LogP contribution in [0.3, 0.4) is 0 Å². The zero-order valence-electron chi connectivity index (χ0n) is 24.4. The predicted molar refractivity (Wildman–Crippen MR) is 164 cm³/mol. The maximum atomic E-state index is 14.1. The van der Waals surface area contributed by atoms with E-state index in [4.69, 9.17) is 4.74 Å². The number of carbonyl (C=O) groups excluding carboxylic acids is 4. The first-order valence-electron chi connectivity index (χ1n) is 15.1. The fourth-order valence-corrected chi connectivity index (χ4v) is 7.94. The largest absolute Gasteiger partial charge is 0.426 e. The minimum atomic E-state index is -0.628. The lowest BCUT2D eigenvalue weighted by Crippen LogP contribution is -2.41. The van der Waals surface area contributed by atoms with Gasteiger partial charge in [-0.2, -0.15) is 0 Å². The molecule has 3 aliphatic carbocycles. The Morgan fingerprint density at radius 3 is 1.89 bits per heavy atom. The van der Waals surface area contributed by atoms with Crippen LogP contribution in [-0.2, 0) is 19.2 Å². The maximum Gasteiger partial charge on any atom is 0.316 e. The molecule has 0 saturated carbocycles. The topological polar surface area (TPSA) is 84.0 Å². The van der Waals surface area contributed by atoms with Crippen LogP contribution in [0.15, 0.2) is 91.0 Å². The quantitative estimate of drug-likeness (QED) is 0.176. The lowest BCUT2D eigenvalue weighted by atomic mass is 9.55. The van der Waals surface area contributed by atoms with Gasteiger partial charge in [-0.15, -0.1) is 0 Å². The first-order valence-corrected chi connectivity index (χ1v) is 15.1. The average molecular weight is 583 g/mol. The van der Waals surface area contributed by atoms with Gasteiger partial charge < -0.3 is 9.64 Å². The van der Waals surface area contributed by atoms with Crippen LogP contribution in [0.1, 0.15) is 51.6 Å². The second-order valence-corrected chi connectivity index (χ2v) is 12.3. The van der Waals surface area contributed by atoms with Gasteiger partial charge in [0.15, 0.2) is 0 Å². The molecule has 0 N–H and O–H groups in total. The summed E-state index contributed by atoms with van der Waals surface area (Å²) < 4.78 is 5.76. The Balaban J connectivity index is 1.06. The van der Waals surface area contributed by atoms with Gasteiger partial charge >= 0.3 is 5.97 Å². The van der Waals surface area contributed by atoms with Crippen LogP contribution in [0.25, 0.3) is 0 Å². The average Bonchev–Trinajstić information content (AvgIpc) is 3.55. The molecule has 7 heteroatoms. The maximum absolute atomic E-state index is 14.1. The van der Waals surface area contributed by atoms with Gasteiger partial charge in [-0.3, -0.25) is 19.2 Å². The molecule has 9 rings (SSSR count). The number of rotatable bonds is 4. The van der Waals surface area contributed by atoms with Crippen molar-refractivity contribution in [3.8, 4) is 5.75 Å². The molecule has 4 aromatic rings. The molecule has 2 saturated heterocycles. The number of esters is 1. The second-order valence-electron chi connectivity index (χ2n) is 12.3. The van der Waals surface area contributed by atoms with Crippen molar-refractivity contribution >= 4 is 35.1 Å². The van der Waals surface area contributed by atoms with E-state index in [1.54, 1.807) is 29.2 Å². The van der Waals surface area contributed by atoms with Crippen LogP contribution in [0.2, 0.25) is 0 Å². The van der Waals surface area contributed by atoms with Crippen molar-refractivity contribution in [2.45, 2.75) is 32.1 Å². The highest BCUT2D eigenvalue weighted by molar-refractivity contribution is 6.23. The number of hydrogen-bond donors (Lipinski definition) is 0. The Labute approximate surface area is 255 Å². The van der Waals surface area contributed by atoms with Crippen molar-refractivity contribution in [2.75, 3.05) is 16.3 Å². The van der Waals surface area contributed by atoms with Crippen molar-refractivity contribution in [2.24, 2.45) is 17.8 Å². The number of nitrogens with zero attached hydrogens (tertiary/aromatic N) is 2. The zero-order chi connectivity index (χ0) is 30.3. The van der Waals surface area contributed by atoms with E-state index in [0.29, 0.717) is 5.69 Å². The number of aryl methyl sites for hydroxylation is 1. The molecule has 5 aliphatic rings. The van der Waals surface area contributed by atoms with Gasteiger partial charge in [0.25, 0.3) is 0 Å². The third kappa shape index (κ3) is 3.75. The summed E-state index contributed by atoms with van der Waals surface area (Å²) in [5, 5.41) is 0. The third-order valence-corrected chi connectivity index (χ3v) is 10.1. The van der Waals surface area contributed by atoms with E-state index in [9.17, 15) is 19.2 Å². The molecule has 2 fully saturated rings. The van der Waals surface area contributed by atoms with Crippen LogP contribution >= 0.6 is 0 Å². The predicted octanol–water partition coefficient (Wildman–Crippen LogP) is 5.66. The Kier molecular flexibility index (Phi) is 5.88. The lowest BCUT2D eigenvalue weighted by molar-refractivity contribution is -0.139. The van der Waals surface area contributed by atoms with Crippen molar-refractivity contribution in [1.29, 1.82) is 0 Å². The van der Waals surface area contributed by atoms with Gasteiger partial charge in [0.05, 0.1) is 23.4 Å². The molecule has 3 amide bonds. The zero-order valence-corrected chi connectivity index (χ0v) is 24.4. The van der Waals surface area contributed by atoms with Crippen LogP contribution in [0.5, 0.6) is 5.75 Å². The number of carbonyl (C=O) groups is 4. The number of benzene rings is 4. The summed E-state index contributed by atoms with van der Waals surface area (Å²) >= 11 is 0. The Hall–Kier alpha value is -5.04. The summed E-state index contributed by atoms with van der Waals surface area (Å²) in [4.78, 5) is 57.3. The van der Waals surface area contributed by atoms with Crippen LogP contribution in [-0.4, -0.2) is 30.2 Å². The Bertz CT molecular complexity index is 1800. The summed E-state index contributed by atoms with van der Waals surface area (Å²) in [6.45, 7) is 4.19. The van der Waals surface area contributed by atoms with Crippen molar-refractivity contribution < 1.29 is 23.9 Å². The SMILES string of the molecule is Cc1cccc(N2C[C@H](C(=O)Oc3cccc(N4C(=O)[C@@H]5C6c7ccccc7C(c7ccccc76)[C@H]5C4=O)c3)CC2=O)c1C. The van der Waals surface area contributed by atoms with Gasteiger partial charge in [-0.1, -0.05) is 66.7 Å². The van der Waals surface area contributed by atoms with Crippen molar-refractivity contribution in [1.82, 2.24) is 0 Å². The number of hydrogen-bond acceptors (Lipinski definition) is 5. The molecule has 3 atom stereocenters. The van der Waals surface area contributed by atoms with E-state index < -0.39 is 23.7 Å². The van der Waals surface area contributed by atoms with E-state index in [1.807, 2.05) is 56.3 Å². The fourth-order valence-electron chi connectivity index (χ4n) is 7.94. The smallest absolute Gasteiger partial charge is 0.316 e. The summed E-state index contributed by atoms with van der Waals surface area (Å²) in [6.07, 6.45) is 0.0578. The van der Waals surface area contributed by atoms with Gasteiger partial charge in [0.1, 0.15) is 5.75 Å². The summed E-state index contributed by atoms with van der Waals surface area (Å²) in [5.74, 6) is -2.87. The fraction of sp³-hybridized carbons (Fsp3) is 0.243.